The van der Waals surface area contributed by atoms with Crippen molar-refractivity contribution in [3.05, 3.63) is 70.5 Å². The summed E-state index contributed by atoms with van der Waals surface area (Å²) in [5, 5.41) is 2.71. The summed E-state index contributed by atoms with van der Waals surface area (Å²) < 4.78 is 23.7. The van der Waals surface area contributed by atoms with Gasteiger partial charge >= 0.3 is 5.97 Å². The van der Waals surface area contributed by atoms with Gasteiger partial charge in [0.2, 0.25) is 0 Å². The quantitative estimate of drug-likeness (QED) is 0.625. The molecule has 0 fully saturated rings. The highest BCUT2D eigenvalue weighted by atomic mass is 32.1. The van der Waals surface area contributed by atoms with Gasteiger partial charge in [-0.3, -0.25) is 0 Å². The number of methoxy groups -OCH3 is 1. The average molecular weight is 357 g/mol. The van der Waals surface area contributed by atoms with Gasteiger partial charge in [0.15, 0.2) is 11.6 Å². The Balaban J connectivity index is 1.65. The molecule has 1 heterocycles. The lowest BCUT2D eigenvalue weighted by molar-refractivity contribution is 0.0468. The van der Waals surface area contributed by atoms with Gasteiger partial charge in [-0.2, -0.15) is 0 Å². The normalized spacial score (nSPS) is 10.5. The summed E-state index contributed by atoms with van der Waals surface area (Å²) >= 11 is 1.48. The molecule has 0 bridgehead atoms. The van der Waals surface area contributed by atoms with Crippen LogP contribution in [0.3, 0.4) is 0 Å². The van der Waals surface area contributed by atoms with Crippen LogP contribution in [-0.2, 0) is 11.3 Å². The Hall–Kier alpha value is -2.73. The molecule has 6 heteroatoms. The van der Waals surface area contributed by atoms with Gasteiger partial charge in [-0.15, -0.1) is 11.3 Å². The maximum atomic E-state index is 13.6. The third-order valence-corrected chi connectivity index (χ3v) is 4.53. The number of carbonyl (C=O) groups is 1. The van der Waals surface area contributed by atoms with E-state index in [0.29, 0.717) is 5.69 Å². The van der Waals surface area contributed by atoms with E-state index in [1.807, 2.05) is 36.6 Å². The molecular formula is C19H16FNO3S. The van der Waals surface area contributed by atoms with E-state index in [1.54, 1.807) is 0 Å². The standard InChI is InChI=1S/C19H16FNO3S/c1-12-3-5-13(6-4-12)18-21-15(11-25-18)10-24-19(22)14-7-8-17(23-2)16(20)9-14/h3-9,11H,10H2,1-2H3. The second kappa shape index (κ2) is 7.44. The predicted octanol–water partition coefficient (Wildman–Crippen LogP) is 4.62. The van der Waals surface area contributed by atoms with Gasteiger partial charge in [-0.25, -0.2) is 14.2 Å². The number of esters is 1. The number of benzene rings is 2. The fourth-order valence-electron chi connectivity index (χ4n) is 2.22. The molecule has 0 aliphatic rings. The van der Waals surface area contributed by atoms with E-state index < -0.39 is 11.8 Å². The zero-order chi connectivity index (χ0) is 17.8. The van der Waals surface area contributed by atoms with Crippen molar-refractivity contribution in [3.63, 3.8) is 0 Å². The van der Waals surface area contributed by atoms with Crippen molar-refractivity contribution >= 4 is 17.3 Å². The van der Waals surface area contributed by atoms with Gasteiger partial charge in [-0.05, 0) is 25.1 Å². The summed E-state index contributed by atoms with van der Waals surface area (Å²) in [5.74, 6) is -1.13. The van der Waals surface area contributed by atoms with Gasteiger partial charge in [-0.1, -0.05) is 29.8 Å². The van der Waals surface area contributed by atoms with Crippen LogP contribution in [0.2, 0.25) is 0 Å². The number of aryl methyl sites for hydroxylation is 1. The number of hydrogen-bond acceptors (Lipinski definition) is 5. The maximum absolute atomic E-state index is 13.6. The Morgan fingerprint density at radius 2 is 1.96 bits per heavy atom. The fourth-order valence-corrected chi connectivity index (χ4v) is 3.03. The monoisotopic (exact) mass is 357 g/mol. The lowest BCUT2D eigenvalue weighted by Crippen LogP contribution is -2.06. The highest BCUT2D eigenvalue weighted by molar-refractivity contribution is 7.13. The first-order chi connectivity index (χ1) is 12.1. The Morgan fingerprint density at radius 3 is 2.64 bits per heavy atom. The molecule has 0 saturated carbocycles. The number of halogens is 1. The summed E-state index contributed by atoms with van der Waals surface area (Å²) in [6.07, 6.45) is 0. The minimum atomic E-state index is -0.605. The second-order valence-corrected chi connectivity index (χ2v) is 6.29. The molecule has 0 N–H and O–H groups in total. The van der Waals surface area contributed by atoms with Crippen molar-refractivity contribution in [2.75, 3.05) is 7.11 Å². The summed E-state index contributed by atoms with van der Waals surface area (Å²) in [5.41, 5.74) is 2.99. The molecule has 3 rings (SSSR count). The minimum absolute atomic E-state index is 0.0366. The average Bonchev–Trinajstić information content (AvgIpc) is 3.09. The largest absolute Gasteiger partial charge is 0.494 e. The van der Waals surface area contributed by atoms with Crippen LogP contribution in [0.15, 0.2) is 47.8 Å². The first-order valence-corrected chi connectivity index (χ1v) is 8.47. The lowest BCUT2D eigenvalue weighted by atomic mass is 10.2. The minimum Gasteiger partial charge on any atom is -0.494 e. The van der Waals surface area contributed by atoms with Crippen LogP contribution in [0.1, 0.15) is 21.6 Å². The molecule has 1 aromatic heterocycles. The van der Waals surface area contributed by atoms with E-state index in [2.05, 4.69) is 4.98 Å². The number of rotatable bonds is 5. The van der Waals surface area contributed by atoms with Crippen molar-refractivity contribution in [2.24, 2.45) is 0 Å². The number of thiazole rings is 1. The Bertz CT molecular complexity index is 890. The fraction of sp³-hybridized carbons (Fsp3) is 0.158. The van der Waals surface area contributed by atoms with Crippen LogP contribution >= 0.6 is 11.3 Å². The van der Waals surface area contributed by atoms with Crippen molar-refractivity contribution in [2.45, 2.75) is 13.5 Å². The van der Waals surface area contributed by atoms with E-state index in [-0.39, 0.29) is 17.9 Å². The van der Waals surface area contributed by atoms with E-state index in [9.17, 15) is 9.18 Å². The van der Waals surface area contributed by atoms with Crippen LogP contribution in [-0.4, -0.2) is 18.1 Å². The van der Waals surface area contributed by atoms with Gasteiger partial charge in [0.05, 0.1) is 18.4 Å². The molecule has 0 unspecified atom stereocenters. The molecule has 0 radical (unpaired) electrons. The third-order valence-electron chi connectivity index (χ3n) is 3.59. The highest BCUT2D eigenvalue weighted by Gasteiger charge is 2.13. The first-order valence-electron chi connectivity index (χ1n) is 7.59. The van der Waals surface area contributed by atoms with Crippen LogP contribution < -0.4 is 4.74 Å². The Kier molecular flexibility index (Phi) is 5.09. The van der Waals surface area contributed by atoms with E-state index in [0.717, 1.165) is 16.6 Å². The van der Waals surface area contributed by atoms with E-state index in [4.69, 9.17) is 9.47 Å². The Labute approximate surface area is 148 Å². The van der Waals surface area contributed by atoms with Crippen molar-refractivity contribution in [1.82, 2.24) is 4.98 Å². The predicted molar refractivity (Wildman–Crippen MR) is 94.4 cm³/mol. The topological polar surface area (TPSA) is 48.4 Å². The number of hydrogen-bond donors (Lipinski definition) is 0. The summed E-state index contributed by atoms with van der Waals surface area (Å²) in [6.45, 7) is 2.06. The maximum Gasteiger partial charge on any atom is 0.338 e. The molecule has 0 atom stereocenters. The van der Waals surface area contributed by atoms with E-state index in [1.165, 1.54) is 36.1 Å². The van der Waals surface area contributed by atoms with Crippen LogP contribution in [0.4, 0.5) is 4.39 Å². The number of nitrogens with zero attached hydrogens (tertiary/aromatic N) is 1. The smallest absolute Gasteiger partial charge is 0.338 e. The molecule has 3 aromatic rings. The first kappa shape index (κ1) is 17.1. The van der Waals surface area contributed by atoms with Gasteiger partial charge in [0.1, 0.15) is 11.6 Å². The van der Waals surface area contributed by atoms with Crippen LogP contribution in [0.5, 0.6) is 5.75 Å². The molecule has 0 aliphatic heterocycles. The zero-order valence-electron chi connectivity index (χ0n) is 13.8. The number of ether oxygens (including phenoxy) is 2. The summed E-state index contributed by atoms with van der Waals surface area (Å²) in [6, 6.07) is 12.0. The molecule has 128 valence electrons. The summed E-state index contributed by atoms with van der Waals surface area (Å²) in [4.78, 5) is 16.5. The van der Waals surface area contributed by atoms with Gasteiger partial charge in [0, 0.05) is 10.9 Å². The molecular weight excluding hydrogens is 341 g/mol. The molecule has 0 spiro atoms. The van der Waals surface area contributed by atoms with Crippen LogP contribution in [0.25, 0.3) is 10.6 Å². The summed E-state index contributed by atoms with van der Waals surface area (Å²) in [7, 11) is 1.37. The molecule has 2 aromatic carbocycles. The third kappa shape index (κ3) is 4.03. The van der Waals surface area contributed by atoms with Crippen molar-refractivity contribution < 1.29 is 18.7 Å². The molecule has 25 heavy (non-hydrogen) atoms. The van der Waals surface area contributed by atoms with Crippen molar-refractivity contribution in [3.8, 4) is 16.3 Å². The molecule has 0 saturated heterocycles. The zero-order valence-corrected chi connectivity index (χ0v) is 14.6. The van der Waals surface area contributed by atoms with Crippen molar-refractivity contribution in [1.29, 1.82) is 0 Å². The SMILES string of the molecule is COc1ccc(C(=O)OCc2csc(-c3ccc(C)cc3)n2)cc1F. The number of carbonyl (C=O) groups excluding carboxylic acids is 1. The highest BCUT2D eigenvalue weighted by Crippen LogP contribution is 2.24. The number of aromatic nitrogens is 1. The second-order valence-electron chi connectivity index (χ2n) is 5.44. The molecule has 4 nitrogen and oxygen atoms in total. The van der Waals surface area contributed by atoms with Crippen LogP contribution in [0, 0.1) is 12.7 Å². The molecule has 0 amide bonds. The van der Waals surface area contributed by atoms with Gasteiger partial charge in [0.25, 0.3) is 0 Å². The van der Waals surface area contributed by atoms with E-state index >= 15 is 0 Å². The molecule has 0 aliphatic carbocycles. The lowest BCUT2D eigenvalue weighted by Gasteiger charge is -2.05. The van der Waals surface area contributed by atoms with Gasteiger partial charge < -0.3 is 9.47 Å². The Morgan fingerprint density at radius 1 is 1.20 bits per heavy atom.